The minimum atomic E-state index is -0.642. The summed E-state index contributed by atoms with van der Waals surface area (Å²) in [6.45, 7) is 1.67. The lowest BCUT2D eigenvalue weighted by Crippen LogP contribution is -2.49. The maximum absolute atomic E-state index is 14.6. The quantitative estimate of drug-likeness (QED) is 0.687. The second-order valence-electron chi connectivity index (χ2n) is 8.45. The smallest absolute Gasteiger partial charge is 0.169 e. The lowest BCUT2D eigenvalue weighted by Gasteiger charge is -2.38. The van der Waals surface area contributed by atoms with Crippen LogP contribution in [0.1, 0.15) is 44.3 Å². The van der Waals surface area contributed by atoms with E-state index in [1.165, 1.54) is 6.20 Å². The average Bonchev–Trinajstić information content (AvgIpc) is 3.20. The van der Waals surface area contributed by atoms with Gasteiger partial charge in [0.05, 0.1) is 23.6 Å². The fourth-order valence-corrected chi connectivity index (χ4v) is 4.62. The Labute approximate surface area is 174 Å². The second-order valence-corrected chi connectivity index (χ2v) is 8.45. The number of imidazole rings is 1. The Hall–Kier alpha value is -2.42. The predicted molar refractivity (Wildman–Crippen MR) is 111 cm³/mol. The molecule has 0 bridgehead atoms. The number of aromatic nitrogens is 4. The molecule has 1 saturated carbocycles. The molecule has 7 nitrogen and oxygen atoms in total. The maximum atomic E-state index is 14.6. The molecular formula is C22H27FN6O. The van der Waals surface area contributed by atoms with E-state index in [1.807, 2.05) is 28.8 Å². The van der Waals surface area contributed by atoms with E-state index in [-0.39, 0.29) is 5.69 Å². The molecule has 0 unspecified atom stereocenters. The number of nitrogens with zero attached hydrogens (tertiary/aromatic N) is 4. The van der Waals surface area contributed by atoms with Crippen LogP contribution in [0.15, 0.2) is 36.8 Å². The van der Waals surface area contributed by atoms with E-state index in [4.69, 9.17) is 10.5 Å². The zero-order valence-corrected chi connectivity index (χ0v) is 16.9. The summed E-state index contributed by atoms with van der Waals surface area (Å²) in [7, 11) is 0. The van der Waals surface area contributed by atoms with E-state index >= 15 is 0 Å². The molecule has 0 radical (unpaired) electrons. The summed E-state index contributed by atoms with van der Waals surface area (Å²) >= 11 is 0. The number of hydrogen-bond acceptors (Lipinski definition) is 6. The van der Waals surface area contributed by atoms with Crippen LogP contribution in [0.5, 0.6) is 0 Å². The molecule has 4 heterocycles. The molecule has 3 aromatic rings. The lowest BCUT2D eigenvalue weighted by molar-refractivity contribution is 0.0714. The highest BCUT2D eigenvalue weighted by molar-refractivity contribution is 5.60. The van der Waals surface area contributed by atoms with Crippen LogP contribution >= 0.6 is 0 Å². The average molecular weight is 410 g/mol. The summed E-state index contributed by atoms with van der Waals surface area (Å²) in [6, 6.07) is 6.63. The van der Waals surface area contributed by atoms with Gasteiger partial charge in [-0.15, -0.1) is 0 Å². The van der Waals surface area contributed by atoms with E-state index in [0.717, 1.165) is 57.4 Å². The molecule has 1 aliphatic heterocycles. The van der Waals surface area contributed by atoms with Gasteiger partial charge in [0.25, 0.3) is 0 Å². The minimum absolute atomic E-state index is 0.242. The maximum Gasteiger partial charge on any atom is 0.169 e. The third-order valence-corrected chi connectivity index (χ3v) is 6.42. The Bertz CT molecular complexity index is 1020. The van der Waals surface area contributed by atoms with E-state index in [0.29, 0.717) is 23.6 Å². The largest absolute Gasteiger partial charge is 0.381 e. The van der Waals surface area contributed by atoms with Crippen molar-refractivity contribution >= 4 is 5.65 Å². The minimum Gasteiger partial charge on any atom is -0.381 e. The molecule has 0 aromatic carbocycles. The highest BCUT2D eigenvalue weighted by Crippen LogP contribution is 2.35. The molecule has 0 amide bonds. The number of nitrogens with one attached hydrogen (secondary N) is 1. The van der Waals surface area contributed by atoms with Gasteiger partial charge in [0.2, 0.25) is 0 Å². The fraction of sp³-hybridized carbons (Fsp3) is 0.500. The molecule has 0 atom stereocenters. The standard InChI is InChI=1S/C22H27FN6O/c23-17-13-26-21(28-20(17)18-14-25-19-3-1-2-10-29(18)19)22(24)8-4-15(5-9-22)27-16-6-11-30-12-7-16/h1-3,10,13-16,27H,4-9,11-12,24H2. The second kappa shape index (κ2) is 8.02. The monoisotopic (exact) mass is 410 g/mol. The van der Waals surface area contributed by atoms with Gasteiger partial charge in [-0.1, -0.05) is 6.07 Å². The van der Waals surface area contributed by atoms with Crippen LogP contribution in [0.4, 0.5) is 4.39 Å². The molecule has 158 valence electrons. The van der Waals surface area contributed by atoms with Gasteiger partial charge in [0, 0.05) is 31.5 Å². The van der Waals surface area contributed by atoms with Crippen LogP contribution in [0.2, 0.25) is 0 Å². The Morgan fingerprint density at radius 2 is 1.83 bits per heavy atom. The highest BCUT2D eigenvalue weighted by Gasteiger charge is 2.37. The van der Waals surface area contributed by atoms with E-state index < -0.39 is 11.4 Å². The van der Waals surface area contributed by atoms with Crippen LogP contribution in [0.3, 0.4) is 0 Å². The van der Waals surface area contributed by atoms with Crippen molar-refractivity contribution in [3.8, 4) is 11.4 Å². The first kappa shape index (κ1) is 19.5. The van der Waals surface area contributed by atoms with Gasteiger partial charge < -0.3 is 15.8 Å². The van der Waals surface area contributed by atoms with Crippen LogP contribution in [0.25, 0.3) is 17.0 Å². The first-order valence-corrected chi connectivity index (χ1v) is 10.7. The molecule has 3 N–H and O–H groups in total. The summed E-state index contributed by atoms with van der Waals surface area (Å²) in [5, 5.41) is 3.76. The summed E-state index contributed by atoms with van der Waals surface area (Å²) in [6.07, 6.45) is 10.3. The van der Waals surface area contributed by atoms with Crippen LogP contribution in [0, 0.1) is 5.82 Å². The number of pyridine rings is 1. The molecule has 30 heavy (non-hydrogen) atoms. The van der Waals surface area contributed by atoms with Gasteiger partial charge in [0.1, 0.15) is 17.2 Å². The molecule has 1 aliphatic carbocycles. The van der Waals surface area contributed by atoms with E-state index in [9.17, 15) is 4.39 Å². The number of nitrogens with two attached hydrogens (primary N) is 1. The van der Waals surface area contributed by atoms with Crippen molar-refractivity contribution in [1.29, 1.82) is 0 Å². The molecular weight excluding hydrogens is 383 g/mol. The molecule has 2 fully saturated rings. The Morgan fingerprint density at radius 1 is 1.07 bits per heavy atom. The summed E-state index contributed by atoms with van der Waals surface area (Å²) < 4.78 is 21.9. The van der Waals surface area contributed by atoms with Crippen molar-refractivity contribution < 1.29 is 9.13 Å². The Morgan fingerprint density at radius 3 is 2.63 bits per heavy atom. The third-order valence-electron chi connectivity index (χ3n) is 6.42. The van der Waals surface area contributed by atoms with Crippen molar-refractivity contribution in [3.05, 3.63) is 48.4 Å². The summed E-state index contributed by atoms with van der Waals surface area (Å²) in [4.78, 5) is 13.2. The van der Waals surface area contributed by atoms with Crippen LogP contribution < -0.4 is 11.1 Å². The van der Waals surface area contributed by atoms with Crippen molar-refractivity contribution in [1.82, 2.24) is 24.7 Å². The first-order valence-electron chi connectivity index (χ1n) is 10.7. The SMILES string of the molecule is NC1(c2ncc(F)c(-c3cnc4ccccn34)n2)CCC(NC2CCOCC2)CC1. The number of ether oxygens (including phenoxy) is 1. The van der Waals surface area contributed by atoms with Gasteiger partial charge in [-0.3, -0.25) is 4.40 Å². The van der Waals surface area contributed by atoms with Gasteiger partial charge in [-0.05, 0) is 50.7 Å². The number of fused-ring (bicyclic) bond motifs is 1. The third kappa shape index (κ3) is 3.71. The molecule has 0 spiro atoms. The molecule has 2 aliphatic rings. The fourth-order valence-electron chi connectivity index (χ4n) is 4.62. The zero-order valence-electron chi connectivity index (χ0n) is 16.9. The van der Waals surface area contributed by atoms with E-state index in [2.05, 4.69) is 20.3 Å². The zero-order chi connectivity index (χ0) is 20.6. The lowest BCUT2D eigenvalue weighted by atomic mass is 9.79. The topological polar surface area (TPSA) is 90.4 Å². The Kier molecular flexibility index (Phi) is 5.22. The number of halogens is 1. The molecule has 8 heteroatoms. The van der Waals surface area contributed by atoms with Crippen molar-refractivity contribution in [2.24, 2.45) is 5.73 Å². The van der Waals surface area contributed by atoms with Gasteiger partial charge >= 0.3 is 0 Å². The van der Waals surface area contributed by atoms with Crippen molar-refractivity contribution in [2.45, 2.75) is 56.1 Å². The summed E-state index contributed by atoms with van der Waals surface area (Å²) in [5.74, 6) is 0.0390. The van der Waals surface area contributed by atoms with Crippen molar-refractivity contribution in [2.75, 3.05) is 13.2 Å². The Balaban J connectivity index is 1.35. The van der Waals surface area contributed by atoms with Gasteiger partial charge in [-0.2, -0.15) is 0 Å². The van der Waals surface area contributed by atoms with Crippen LogP contribution in [-0.2, 0) is 10.3 Å². The number of rotatable bonds is 4. The van der Waals surface area contributed by atoms with Crippen molar-refractivity contribution in [3.63, 3.8) is 0 Å². The van der Waals surface area contributed by atoms with Gasteiger partial charge in [-0.25, -0.2) is 19.3 Å². The first-order chi connectivity index (χ1) is 14.6. The molecule has 3 aromatic heterocycles. The predicted octanol–water partition coefficient (Wildman–Crippen LogP) is 2.80. The van der Waals surface area contributed by atoms with Gasteiger partial charge in [0.15, 0.2) is 5.82 Å². The van der Waals surface area contributed by atoms with Crippen LogP contribution in [-0.4, -0.2) is 44.7 Å². The summed E-state index contributed by atoms with van der Waals surface area (Å²) in [5.41, 5.74) is 7.69. The number of hydrogen-bond donors (Lipinski definition) is 2. The normalized spacial score (nSPS) is 25.6. The van der Waals surface area contributed by atoms with E-state index in [1.54, 1.807) is 6.20 Å². The molecule has 1 saturated heterocycles. The highest BCUT2D eigenvalue weighted by atomic mass is 19.1. The molecule has 5 rings (SSSR count).